The molecule has 238 valence electrons. The second kappa shape index (κ2) is 10.8. The molecule has 44 heavy (non-hydrogen) atoms. The number of likely N-dealkylation sites (N-methyl/N-ethyl adjacent to an activating group) is 1. The summed E-state index contributed by atoms with van der Waals surface area (Å²) in [6, 6.07) is 0.724. The van der Waals surface area contributed by atoms with Gasteiger partial charge in [-0.2, -0.15) is 13.2 Å². The highest BCUT2D eigenvalue weighted by Crippen LogP contribution is 2.65. The third-order valence-electron chi connectivity index (χ3n) is 8.69. The lowest BCUT2D eigenvalue weighted by atomic mass is 9.50. The van der Waals surface area contributed by atoms with E-state index in [9.17, 15) is 47.4 Å². The topological polar surface area (TPSA) is 178 Å². The number of nitrogens with one attached hydrogen (secondary N) is 1. The molecule has 1 fully saturated rings. The summed E-state index contributed by atoms with van der Waals surface area (Å²) in [5.74, 6) is -8.20. The van der Waals surface area contributed by atoms with Gasteiger partial charge in [0.1, 0.15) is 11.8 Å². The number of piperidine rings is 1. The molecule has 3 N–H and O–H groups in total. The standard InChI is InChI=1S/C28H29F3N2O11/c1-12(41-13(2)34)23(37)32-15(24(38)44-25(39)28(29,30)31)11-19(36)42-17-6-7-27(40)18-10-14-4-5-16(35)21-20(14)26(27,22(17)43-21)8-9-33(18)3/h4-6,12,15,18,22,35,40H,7-11H2,1-3H3,(H,32,37)/t12-,15-,18+,22-,26-,27+/m0/s1. The number of ether oxygens (including phenoxy) is 4. The van der Waals surface area contributed by atoms with Crippen LogP contribution in [0.15, 0.2) is 24.0 Å². The first-order chi connectivity index (χ1) is 20.5. The van der Waals surface area contributed by atoms with Crippen LogP contribution < -0.4 is 10.1 Å². The lowest BCUT2D eigenvalue weighted by Crippen LogP contribution is -2.74. The molecule has 0 aromatic heterocycles. The summed E-state index contributed by atoms with van der Waals surface area (Å²) in [7, 11) is 1.88. The average Bonchev–Trinajstić information content (AvgIpc) is 3.28. The van der Waals surface area contributed by atoms with E-state index < -0.39 is 71.6 Å². The highest BCUT2D eigenvalue weighted by Gasteiger charge is 2.72. The van der Waals surface area contributed by atoms with Crippen molar-refractivity contribution < 1.29 is 66.3 Å². The lowest BCUT2D eigenvalue weighted by molar-refractivity contribution is -0.202. The molecule has 4 aliphatic rings. The minimum absolute atomic E-state index is 0.0151. The lowest BCUT2D eigenvalue weighted by Gasteiger charge is -2.61. The SMILES string of the molecule is CC(=O)O[C@@H](C)C(=O)N[C@@H](CC(=O)OC1=CC[C@@]2(O)[C@H]3Cc4ccc(O)c5c4[C@@]2(CCN3C)[C@H]1O5)C(=O)OC(=O)C(F)(F)F. The van der Waals surface area contributed by atoms with Crippen LogP contribution in [0.4, 0.5) is 13.2 Å². The number of phenols is 1. The second-order valence-electron chi connectivity index (χ2n) is 11.3. The number of hydrogen-bond acceptors (Lipinski definition) is 12. The summed E-state index contributed by atoms with van der Waals surface area (Å²) in [6.07, 6.45) is -6.99. The van der Waals surface area contributed by atoms with E-state index in [4.69, 9.17) is 9.47 Å². The molecule has 1 aromatic carbocycles. The maximum absolute atomic E-state index is 13.1. The third kappa shape index (κ3) is 4.95. The minimum atomic E-state index is -5.55. The number of nitrogens with zero attached hydrogens (tertiary/aromatic N) is 1. The number of hydrogen-bond donors (Lipinski definition) is 3. The van der Waals surface area contributed by atoms with Gasteiger partial charge in [0.2, 0.25) is 0 Å². The van der Waals surface area contributed by atoms with E-state index in [1.165, 1.54) is 12.1 Å². The van der Waals surface area contributed by atoms with Crippen LogP contribution in [0.1, 0.15) is 44.2 Å². The maximum Gasteiger partial charge on any atom is 0.491 e. The molecule has 2 bridgehead atoms. The molecule has 0 unspecified atom stereocenters. The summed E-state index contributed by atoms with van der Waals surface area (Å²) in [5.41, 5.74) is -1.05. The van der Waals surface area contributed by atoms with E-state index in [0.717, 1.165) is 19.4 Å². The van der Waals surface area contributed by atoms with E-state index in [-0.39, 0.29) is 29.7 Å². The Morgan fingerprint density at radius 2 is 1.93 bits per heavy atom. The zero-order valence-electron chi connectivity index (χ0n) is 23.7. The first-order valence-corrected chi connectivity index (χ1v) is 13.7. The number of carbonyl (C=O) groups is 5. The van der Waals surface area contributed by atoms with Crippen LogP contribution in [-0.2, 0) is 50.0 Å². The third-order valence-corrected chi connectivity index (χ3v) is 8.69. The van der Waals surface area contributed by atoms with Gasteiger partial charge in [-0.3, -0.25) is 14.4 Å². The van der Waals surface area contributed by atoms with Crippen LogP contribution in [0, 0.1) is 0 Å². The van der Waals surface area contributed by atoms with Crippen LogP contribution in [0.3, 0.4) is 0 Å². The molecule has 2 aliphatic carbocycles. The van der Waals surface area contributed by atoms with Gasteiger partial charge < -0.3 is 39.4 Å². The average molecular weight is 627 g/mol. The molecule has 1 amide bonds. The van der Waals surface area contributed by atoms with Gasteiger partial charge in [-0.15, -0.1) is 0 Å². The Kier molecular flexibility index (Phi) is 7.65. The number of aromatic hydroxyl groups is 1. The normalized spacial score (nSPS) is 27.9. The Hall–Kier alpha value is -4.18. The Balaban J connectivity index is 1.41. The zero-order chi connectivity index (χ0) is 32.4. The van der Waals surface area contributed by atoms with Crippen molar-refractivity contribution in [2.24, 2.45) is 0 Å². The summed E-state index contributed by atoms with van der Waals surface area (Å²) < 4.78 is 58.4. The van der Waals surface area contributed by atoms with E-state index in [1.54, 1.807) is 6.07 Å². The van der Waals surface area contributed by atoms with Crippen LogP contribution in [-0.4, -0.2) is 94.6 Å². The number of phenolic OH excluding ortho intramolecular Hbond substituents is 1. The summed E-state index contributed by atoms with van der Waals surface area (Å²) in [5, 5.41) is 24.7. The largest absolute Gasteiger partial charge is 0.504 e. The van der Waals surface area contributed by atoms with Crippen molar-refractivity contribution in [3.05, 3.63) is 35.1 Å². The fourth-order valence-corrected chi connectivity index (χ4v) is 6.78. The monoisotopic (exact) mass is 626 g/mol. The highest BCUT2D eigenvalue weighted by molar-refractivity contribution is 5.95. The van der Waals surface area contributed by atoms with Gasteiger partial charge in [-0.1, -0.05) is 6.07 Å². The fraction of sp³-hybridized carbons (Fsp3) is 0.536. The molecule has 16 heteroatoms. The van der Waals surface area contributed by atoms with E-state index in [2.05, 4.69) is 9.47 Å². The number of esters is 4. The number of halogens is 3. The van der Waals surface area contributed by atoms with Crippen molar-refractivity contribution in [2.75, 3.05) is 13.6 Å². The van der Waals surface area contributed by atoms with Crippen molar-refractivity contribution in [2.45, 2.75) is 81.0 Å². The van der Waals surface area contributed by atoms with Gasteiger partial charge >= 0.3 is 30.1 Å². The number of aliphatic hydroxyl groups is 1. The first-order valence-electron chi connectivity index (χ1n) is 13.7. The Morgan fingerprint density at radius 1 is 1.23 bits per heavy atom. The second-order valence-corrected chi connectivity index (χ2v) is 11.3. The van der Waals surface area contributed by atoms with Crippen molar-refractivity contribution in [1.82, 2.24) is 10.2 Å². The molecule has 0 saturated carbocycles. The molecule has 2 aliphatic heterocycles. The molecule has 2 heterocycles. The van der Waals surface area contributed by atoms with Gasteiger partial charge in [0.05, 0.1) is 17.4 Å². The van der Waals surface area contributed by atoms with Gasteiger partial charge in [-0.05, 0) is 51.1 Å². The maximum atomic E-state index is 13.1. The van der Waals surface area contributed by atoms with Crippen LogP contribution >= 0.6 is 0 Å². The first kappa shape index (κ1) is 31.3. The predicted molar refractivity (Wildman–Crippen MR) is 138 cm³/mol. The number of alkyl halides is 3. The van der Waals surface area contributed by atoms with Crippen molar-refractivity contribution in [3.8, 4) is 11.5 Å². The van der Waals surface area contributed by atoms with Crippen LogP contribution in [0.25, 0.3) is 0 Å². The Labute approximate surface area is 247 Å². The summed E-state index contributed by atoms with van der Waals surface area (Å²) in [6.45, 7) is 2.62. The Bertz CT molecular complexity index is 1480. The van der Waals surface area contributed by atoms with E-state index >= 15 is 0 Å². The smallest absolute Gasteiger partial charge is 0.491 e. The molecule has 13 nitrogen and oxygen atoms in total. The van der Waals surface area contributed by atoms with E-state index in [0.29, 0.717) is 24.9 Å². The molecular weight excluding hydrogens is 597 g/mol. The van der Waals surface area contributed by atoms with Gasteiger partial charge in [-0.25, -0.2) is 9.59 Å². The van der Waals surface area contributed by atoms with Gasteiger partial charge in [0.15, 0.2) is 23.7 Å². The molecule has 1 saturated heterocycles. The van der Waals surface area contributed by atoms with E-state index in [1.807, 2.05) is 17.3 Å². The van der Waals surface area contributed by atoms with Crippen molar-refractivity contribution in [1.29, 1.82) is 0 Å². The quantitative estimate of drug-likeness (QED) is 0.219. The van der Waals surface area contributed by atoms with Crippen molar-refractivity contribution in [3.63, 3.8) is 0 Å². The molecule has 5 rings (SSSR count). The summed E-state index contributed by atoms with van der Waals surface area (Å²) in [4.78, 5) is 62.6. The molecular formula is C28H29F3N2O11. The summed E-state index contributed by atoms with van der Waals surface area (Å²) >= 11 is 0. The number of carbonyl (C=O) groups excluding carboxylic acids is 5. The van der Waals surface area contributed by atoms with Crippen molar-refractivity contribution >= 4 is 29.8 Å². The van der Waals surface area contributed by atoms with Crippen LogP contribution in [0.5, 0.6) is 11.5 Å². The van der Waals surface area contributed by atoms with Gasteiger partial charge in [0, 0.05) is 24.9 Å². The van der Waals surface area contributed by atoms with Gasteiger partial charge in [0.25, 0.3) is 5.91 Å². The Morgan fingerprint density at radius 3 is 2.59 bits per heavy atom. The molecule has 6 atom stereocenters. The van der Waals surface area contributed by atoms with Crippen LogP contribution in [0.2, 0.25) is 0 Å². The number of likely N-dealkylation sites (tertiary alicyclic amines) is 1. The molecule has 1 aromatic rings. The molecule has 1 spiro atoms. The highest BCUT2D eigenvalue weighted by atomic mass is 19.4. The fourth-order valence-electron chi connectivity index (χ4n) is 6.78. The number of rotatable bonds is 7. The molecule has 0 radical (unpaired) electrons. The zero-order valence-corrected chi connectivity index (χ0v) is 23.7. The predicted octanol–water partition coefficient (Wildman–Crippen LogP) is 0.672. The number of benzene rings is 1. The minimum Gasteiger partial charge on any atom is -0.504 e. The number of amides is 1.